The second-order valence-corrected chi connectivity index (χ2v) is 6.55. The molecule has 0 spiro atoms. The van der Waals surface area contributed by atoms with Crippen molar-refractivity contribution in [3.63, 3.8) is 0 Å². The summed E-state index contributed by atoms with van der Waals surface area (Å²) in [6, 6.07) is 1.54. The molecule has 1 heterocycles. The molecular formula is C13H15ClIN3O3. The molecule has 2 unspecified atom stereocenters. The van der Waals surface area contributed by atoms with Crippen molar-refractivity contribution in [1.82, 2.24) is 10.3 Å². The third kappa shape index (κ3) is 4.70. The fourth-order valence-corrected chi connectivity index (χ4v) is 2.98. The average molecular weight is 424 g/mol. The van der Waals surface area contributed by atoms with E-state index >= 15 is 0 Å². The molecule has 0 bridgehead atoms. The summed E-state index contributed by atoms with van der Waals surface area (Å²) in [5.41, 5.74) is 0. The number of halogens is 2. The standard InChI is InChI=1S/C13H15ClIN3O3/c14-9-6-16-11(5-10(9)15)18-12(19)7-2-1-3-8(4-7)17-13(20)21/h5-8,17H,1-4H2,(H,20,21)(H,16,18,19). The lowest BCUT2D eigenvalue weighted by atomic mass is 9.85. The second-order valence-electron chi connectivity index (χ2n) is 4.98. The smallest absolute Gasteiger partial charge is 0.404 e. The van der Waals surface area contributed by atoms with Gasteiger partial charge in [-0.3, -0.25) is 4.79 Å². The minimum atomic E-state index is -1.05. The molecule has 1 aliphatic carbocycles. The summed E-state index contributed by atoms with van der Waals surface area (Å²) in [5.74, 6) is 0.130. The van der Waals surface area contributed by atoms with Crippen LogP contribution in [0.2, 0.25) is 5.02 Å². The number of aromatic nitrogens is 1. The van der Waals surface area contributed by atoms with Crippen molar-refractivity contribution < 1.29 is 14.7 Å². The third-order valence-corrected chi connectivity index (χ3v) is 4.94. The summed E-state index contributed by atoms with van der Waals surface area (Å²) in [5, 5.41) is 14.5. The van der Waals surface area contributed by atoms with Gasteiger partial charge in [-0.15, -0.1) is 0 Å². The number of nitrogens with one attached hydrogen (secondary N) is 2. The van der Waals surface area contributed by atoms with Crippen LogP contribution in [-0.4, -0.2) is 28.1 Å². The minimum absolute atomic E-state index is 0.127. The zero-order chi connectivity index (χ0) is 15.4. The maximum Gasteiger partial charge on any atom is 0.404 e. The lowest BCUT2D eigenvalue weighted by molar-refractivity contribution is -0.121. The summed E-state index contributed by atoms with van der Waals surface area (Å²) in [7, 11) is 0. The number of nitrogens with zero attached hydrogens (tertiary/aromatic N) is 1. The number of carbonyl (C=O) groups excluding carboxylic acids is 1. The molecular weight excluding hydrogens is 409 g/mol. The first kappa shape index (κ1) is 16.3. The number of rotatable bonds is 3. The van der Waals surface area contributed by atoms with Crippen LogP contribution in [0.4, 0.5) is 10.6 Å². The molecule has 1 aromatic heterocycles. The Morgan fingerprint density at radius 3 is 2.86 bits per heavy atom. The Morgan fingerprint density at radius 2 is 2.19 bits per heavy atom. The Bertz CT molecular complexity index is 555. The Labute approximate surface area is 140 Å². The molecule has 0 radical (unpaired) electrons. The molecule has 1 fully saturated rings. The van der Waals surface area contributed by atoms with Gasteiger partial charge in [-0.1, -0.05) is 18.0 Å². The van der Waals surface area contributed by atoms with Crippen molar-refractivity contribution in [3.05, 3.63) is 20.9 Å². The van der Waals surface area contributed by atoms with Crippen LogP contribution >= 0.6 is 34.2 Å². The van der Waals surface area contributed by atoms with E-state index in [1.165, 1.54) is 6.20 Å². The Morgan fingerprint density at radius 1 is 1.43 bits per heavy atom. The van der Waals surface area contributed by atoms with Crippen molar-refractivity contribution in [2.24, 2.45) is 5.92 Å². The molecule has 1 aliphatic rings. The lowest BCUT2D eigenvalue weighted by Gasteiger charge is -2.28. The summed E-state index contributed by atoms with van der Waals surface area (Å²) < 4.78 is 0.814. The highest BCUT2D eigenvalue weighted by molar-refractivity contribution is 14.1. The van der Waals surface area contributed by atoms with Gasteiger partial charge < -0.3 is 15.7 Å². The van der Waals surface area contributed by atoms with E-state index in [2.05, 4.69) is 38.2 Å². The van der Waals surface area contributed by atoms with Gasteiger partial charge in [0.2, 0.25) is 5.91 Å². The molecule has 114 valence electrons. The second kappa shape index (κ2) is 7.26. The number of carbonyl (C=O) groups is 2. The Hall–Kier alpha value is -1.09. The molecule has 8 heteroatoms. The molecule has 1 saturated carbocycles. The van der Waals surface area contributed by atoms with E-state index in [1.807, 2.05) is 0 Å². The number of hydrogen-bond acceptors (Lipinski definition) is 3. The molecule has 0 aliphatic heterocycles. The van der Waals surface area contributed by atoms with Gasteiger partial charge in [0, 0.05) is 21.7 Å². The van der Waals surface area contributed by atoms with E-state index in [-0.39, 0.29) is 17.9 Å². The molecule has 0 saturated heterocycles. The topological polar surface area (TPSA) is 91.3 Å². The first-order chi connectivity index (χ1) is 9.95. The van der Waals surface area contributed by atoms with Crippen LogP contribution in [0.15, 0.2) is 12.3 Å². The fraction of sp³-hybridized carbons (Fsp3) is 0.462. The third-order valence-electron chi connectivity index (χ3n) is 3.43. The summed E-state index contributed by atoms with van der Waals surface area (Å²) in [6.07, 6.45) is 3.32. The first-order valence-electron chi connectivity index (χ1n) is 6.57. The highest BCUT2D eigenvalue weighted by atomic mass is 127. The van der Waals surface area contributed by atoms with E-state index in [0.717, 1.165) is 22.8 Å². The van der Waals surface area contributed by atoms with E-state index in [9.17, 15) is 9.59 Å². The van der Waals surface area contributed by atoms with Crippen molar-refractivity contribution in [2.75, 3.05) is 5.32 Å². The molecule has 2 amide bonds. The first-order valence-corrected chi connectivity index (χ1v) is 8.02. The average Bonchev–Trinajstić information content (AvgIpc) is 2.42. The van der Waals surface area contributed by atoms with Crippen molar-refractivity contribution >= 4 is 52.0 Å². The van der Waals surface area contributed by atoms with Crippen LogP contribution in [0.5, 0.6) is 0 Å². The van der Waals surface area contributed by atoms with E-state index < -0.39 is 6.09 Å². The van der Waals surface area contributed by atoms with Gasteiger partial charge in [-0.05, 0) is 47.9 Å². The van der Waals surface area contributed by atoms with Gasteiger partial charge >= 0.3 is 6.09 Å². The van der Waals surface area contributed by atoms with Crippen LogP contribution in [0.1, 0.15) is 25.7 Å². The van der Waals surface area contributed by atoms with Crippen LogP contribution in [-0.2, 0) is 4.79 Å². The van der Waals surface area contributed by atoms with Gasteiger partial charge in [0.25, 0.3) is 0 Å². The minimum Gasteiger partial charge on any atom is -0.465 e. The van der Waals surface area contributed by atoms with E-state index in [1.54, 1.807) is 6.07 Å². The van der Waals surface area contributed by atoms with Crippen molar-refractivity contribution in [1.29, 1.82) is 0 Å². The highest BCUT2D eigenvalue weighted by Gasteiger charge is 2.28. The molecule has 3 N–H and O–H groups in total. The molecule has 0 aromatic carbocycles. The monoisotopic (exact) mass is 423 g/mol. The van der Waals surface area contributed by atoms with Crippen LogP contribution < -0.4 is 10.6 Å². The zero-order valence-electron chi connectivity index (χ0n) is 11.1. The maximum atomic E-state index is 12.2. The van der Waals surface area contributed by atoms with Crippen LogP contribution in [0.25, 0.3) is 0 Å². The van der Waals surface area contributed by atoms with Gasteiger partial charge in [0.15, 0.2) is 0 Å². The zero-order valence-corrected chi connectivity index (χ0v) is 14.0. The van der Waals surface area contributed by atoms with Crippen LogP contribution in [0, 0.1) is 9.49 Å². The van der Waals surface area contributed by atoms with Crippen molar-refractivity contribution in [3.8, 4) is 0 Å². The largest absolute Gasteiger partial charge is 0.465 e. The number of hydrogen-bond donors (Lipinski definition) is 3. The van der Waals surface area contributed by atoms with Gasteiger partial charge in [-0.25, -0.2) is 9.78 Å². The lowest BCUT2D eigenvalue weighted by Crippen LogP contribution is -2.40. The summed E-state index contributed by atoms with van der Waals surface area (Å²) in [6.45, 7) is 0. The van der Waals surface area contributed by atoms with Gasteiger partial charge in [0.05, 0.1) is 5.02 Å². The summed E-state index contributed by atoms with van der Waals surface area (Å²) >= 11 is 7.96. The quantitative estimate of drug-likeness (QED) is 0.652. The number of pyridine rings is 1. The Kier molecular flexibility index (Phi) is 5.63. The number of anilines is 1. The van der Waals surface area contributed by atoms with Gasteiger partial charge in [-0.2, -0.15) is 0 Å². The fourth-order valence-electron chi connectivity index (χ4n) is 2.44. The van der Waals surface area contributed by atoms with Gasteiger partial charge in [0.1, 0.15) is 5.82 Å². The molecule has 2 atom stereocenters. The van der Waals surface area contributed by atoms with Crippen LogP contribution in [0.3, 0.4) is 0 Å². The predicted octanol–water partition coefficient (Wildman–Crippen LogP) is 3.10. The van der Waals surface area contributed by atoms with E-state index in [4.69, 9.17) is 16.7 Å². The maximum absolute atomic E-state index is 12.2. The normalized spacial score (nSPS) is 21.6. The SMILES string of the molecule is O=C(O)NC1CCCC(C(=O)Nc2cc(I)c(Cl)cn2)C1. The molecule has 1 aromatic rings. The molecule has 2 rings (SSSR count). The van der Waals surface area contributed by atoms with E-state index in [0.29, 0.717) is 17.3 Å². The summed E-state index contributed by atoms with van der Waals surface area (Å²) in [4.78, 5) is 27.0. The van der Waals surface area contributed by atoms with Crippen molar-refractivity contribution in [2.45, 2.75) is 31.7 Å². The predicted molar refractivity (Wildman–Crippen MR) is 87.5 cm³/mol. The molecule has 21 heavy (non-hydrogen) atoms. The Balaban J connectivity index is 1.96. The highest BCUT2D eigenvalue weighted by Crippen LogP contribution is 2.26. The number of carboxylic acid groups (broad SMARTS) is 1. The molecule has 6 nitrogen and oxygen atoms in total. The number of amides is 2.